The van der Waals surface area contributed by atoms with Crippen LogP contribution < -0.4 is 5.73 Å². The molecule has 1 nitrogen and oxygen atoms in total. The first-order valence-electron chi connectivity index (χ1n) is 3.39. The number of alkyl halides is 3. The van der Waals surface area contributed by atoms with Crippen molar-refractivity contribution in [2.24, 2.45) is 0 Å². The standard InChI is InChI=1S/C8H8F3N/c9-8(10,11)5-6-3-1-2-4-7(6)12/h1-4H,5,12H2. The SMILES string of the molecule is Nc1ccccc1CC(F)(F)F. The van der Waals surface area contributed by atoms with Gasteiger partial charge in [-0.3, -0.25) is 0 Å². The van der Waals surface area contributed by atoms with Crippen LogP contribution in [0.15, 0.2) is 24.3 Å². The van der Waals surface area contributed by atoms with E-state index in [1.165, 1.54) is 18.2 Å². The minimum absolute atomic E-state index is 0.130. The molecule has 2 N–H and O–H groups in total. The first kappa shape index (κ1) is 8.90. The third-order valence-corrected chi connectivity index (χ3v) is 1.45. The second-order valence-corrected chi connectivity index (χ2v) is 2.49. The molecule has 4 heteroatoms. The predicted molar refractivity (Wildman–Crippen MR) is 40.6 cm³/mol. The fourth-order valence-electron chi connectivity index (χ4n) is 0.911. The van der Waals surface area contributed by atoms with Gasteiger partial charge in [-0.2, -0.15) is 13.2 Å². The maximum Gasteiger partial charge on any atom is 0.393 e. The van der Waals surface area contributed by atoms with Gasteiger partial charge >= 0.3 is 6.18 Å². The zero-order valence-corrected chi connectivity index (χ0v) is 6.23. The molecule has 0 aliphatic rings. The molecule has 0 aliphatic carbocycles. The van der Waals surface area contributed by atoms with Gasteiger partial charge in [0, 0.05) is 5.69 Å². The summed E-state index contributed by atoms with van der Waals surface area (Å²) in [4.78, 5) is 0. The molecule has 0 unspecified atom stereocenters. The molecule has 0 saturated heterocycles. The number of nitrogens with two attached hydrogens (primary N) is 1. The number of anilines is 1. The van der Waals surface area contributed by atoms with Gasteiger partial charge in [0.05, 0.1) is 6.42 Å². The van der Waals surface area contributed by atoms with Gasteiger partial charge in [-0.25, -0.2) is 0 Å². The molecule has 0 aromatic heterocycles. The Morgan fingerprint density at radius 2 is 1.75 bits per heavy atom. The van der Waals surface area contributed by atoms with Crippen LogP contribution >= 0.6 is 0 Å². The summed E-state index contributed by atoms with van der Waals surface area (Å²) < 4.78 is 35.6. The minimum Gasteiger partial charge on any atom is -0.399 e. The van der Waals surface area contributed by atoms with Crippen molar-refractivity contribution in [1.82, 2.24) is 0 Å². The highest BCUT2D eigenvalue weighted by molar-refractivity contribution is 5.46. The van der Waals surface area contributed by atoms with Crippen molar-refractivity contribution in [1.29, 1.82) is 0 Å². The molecule has 0 aliphatic heterocycles. The van der Waals surface area contributed by atoms with Crippen LogP contribution in [0.1, 0.15) is 5.56 Å². The Morgan fingerprint density at radius 3 is 2.25 bits per heavy atom. The Morgan fingerprint density at radius 1 is 1.17 bits per heavy atom. The molecule has 12 heavy (non-hydrogen) atoms. The topological polar surface area (TPSA) is 26.0 Å². The highest BCUT2D eigenvalue weighted by Gasteiger charge is 2.28. The van der Waals surface area contributed by atoms with E-state index in [1.807, 2.05) is 0 Å². The van der Waals surface area contributed by atoms with Gasteiger partial charge in [0.2, 0.25) is 0 Å². The van der Waals surface area contributed by atoms with Crippen molar-refractivity contribution < 1.29 is 13.2 Å². The van der Waals surface area contributed by atoms with Crippen molar-refractivity contribution in [2.45, 2.75) is 12.6 Å². The normalized spacial score (nSPS) is 11.6. The summed E-state index contributed by atoms with van der Waals surface area (Å²) in [5.74, 6) is 0. The highest BCUT2D eigenvalue weighted by Crippen LogP contribution is 2.24. The molecule has 0 saturated carbocycles. The molecule has 0 atom stereocenters. The van der Waals surface area contributed by atoms with Crippen LogP contribution in [0, 0.1) is 0 Å². The van der Waals surface area contributed by atoms with Gasteiger partial charge in [-0.05, 0) is 11.6 Å². The van der Waals surface area contributed by atoms with E-state index in [-0.39, 0.29) is 11.3 Å². The number of hydrogen-bond donors (Lipinski definition) is 1. The zero-order chi connectivity index (χ0) is 9.19. The number of rotatable bonds is 1. The lowest BCUT2D eigenvalue weighted by Crippen LogP contribution is -2.12. The quantitative estimate of drug-likeness (QED) is 0.651. The van der Waals surface area contributed by atoms with Gasteiger partial charge in [-0.15, -0.1) is 0 Å². The third-order valence-electron chi connectivity index (χ3n) is 1.45. The third kappa shape index (κ3) is 2.45. The summed E-state index contributed by atoms with van der Waals surface area (Å²) in [6.45, 7) is 0. The molecule has 1 rings (SSSR count). The van der Waals surface area contributed by atoms with Crippen LogP contribution in [0.2, 0.25) is 0 Å². The van der Waals surface area contributed by atoms with Crippen molar-refractivity contribution in [2.75, 3.05) is 5.73 Å². The largest absolute Gasteiger partial charge is 0.399 e. The maximum absolute atomic E-state index is 11.9. The molecular weight excluding hydrogens is 167 g/mol. The summed E-state index contributed by atoms with van der Waals surface area (Å²) in [6, 6.07) is 5.98. The molecule has 1 aromatic carbocycles. The lowest BCUT2D eigenvalue weighted by Gasteiger charge is -2.07. The lowest BCUT2D eigenvalue weighted by atomic mass is 10.1. The van der Waals surface area contributed by atoms with E-state index in [2.05, 4.69) is 0 Å². The van der Waals surface area contributed by atoms with E-state index < -0.39 is 12.6 Å². The smallest absolute Gasteiger partial charge is 0.393 e. The summed E-state index contributed by atoms with van der Waals surface area (Å²) in [5.41, 5.74) is 5.65. The molecule has 0 heterocycles. The van der Waals surface area contributed by atoms with E-state index in [1.54, 1.807) is 6.07 Å². The molecule has 0 amide bonds. The molecule has 0 bridgehead atoms. The van der Waals surface area contributed by atoms with Gasteiger partial charge in [0.1, 0.15) is 0 Å². The first-order chi connectivity index (χ1) is 5.49. The van der Waals surface area contributed by atoms with E-state index >= 15 is 0 Å². The molecule has 0 fully saturated rings. The number of nitrogen functional groups attached to an aromatic ring is 1. The van der Waals surface area contributed by atoms with Crippen molar-refractivity contribution >= 4 is 5.69 Å². The Kier molecular flexibility index (Phi) is 2.26. The Balaban J connectivity index is 2.83. The van der Waals surface area contributed by atoms with Crippen molar-refractivity contribution in [3.05, 3.63) is 29.8 Å². The van der Waals surface area contributed by atoms with Crippen molar-refractivity contribution in [3.63, 3.8) is 0 Å². The number of hydrogen-bond acceptors (Lipinski definition) is 1. The molecule has 0 spiro atoms. The van der Waals surface area contributed by atoms with E-state index in [9.17, 15) is 13.2 Å². The lowest BCUT2D eigenvalue weighted by molar-refractivity contribution is -0.127. The summed E-state index contributed by atoms with van der Waals surface area (Å²) in [5, 5.41) is 0. The first-order valence-corrected chi connectivity index (χ1v) is 3.39. The van der Waals surface area contributed by atoms with E-state index in [4.69, 9.17) is 5.73 Å². The van der Waals surface area contributed by atoms with Gasteiger partial charge in [-0.1, -0.05) is 18.2 Å². The average molecular weight is 175 g/mol. The van der Waals surface area contributed by atoms with Crippen molar-refractivity contribution in [3.8, 4) is 0 Å². The number of halogens is 3. The van der Waals surface area contributed by atoms with Crippen LogP contribution in [-0.2, 0) is 6.42 Å². The molecule has 1 aromatic rings. The second-order valence-electron chi connectivity index (χ2n) is 2.49. The van der Waals surface area contributed by atoms with Crippen LogP contribution in [0.5, 0.6) is 0 Å². The van der Waals surface area contributed by atoms with Crippen LogP contribution in [0.3, 0.4) is 0 Å². The Labute approximate surface area is 68.0 Å². The highest BCUT2D eigenvalue weighted by atomic mass is 19.4. The van der Waals surface area contributed by atoms with Gasteiger partial charge in [0.25, 0.3) is 0 Å². The van der Waals surface area contributed by atoms with Crippen LogP contribution in [0.25, 0.3) is 0 Å². The minimum atomic E-state index is -4.19. The zero-order valence-electron chi connectivity index (χ0n) is 6.23. The monoisotopic (exact) mass is 175 g/mol. The molecule has 66 valence electrons. The van der Waals surface area contributed by atoms with E-state index in [0.717, 1.165) is 0 Å². The average Bonchev–Trinajstić information content (AvgIpc) is 1.91. The van der Waals surface area contributed by atoms with E-state index in [0.29, 0.717) is 0 Å². The Bertz CT molecular complexity index is 267. The fourth-order valence-corrected chi connectivity index (χ4v) is 0.911. The predicted octanol–water partition coefficient (Wildman–Crippen LogP) is 2.37. The summed E-state index contributed by atoms with van der Waals surface area (Å²) in [6.07, 6.45) is -5.14. The van der Waals surface area contributed by atoms with Gasteiger partial charge < -0.3 is 5.73 Å². The molecule has 0 radical (unpaired) electrons. The van der Waals surface area contributed by atoms with Crippen LogP contribution in [-0.4, -0.2) is 6.18 Å². The number of para-hydroxylation sites is 1. The van der Waals surface area contributed by atoms with Crippen LogP contribution in [0.4, 0.5) is 18.9 Å². The van der Waals surface area contributed by atoms with Gasteiger partial charge in [0.15, 0.2) is 0 Å². The summed E-state index contributed by atoms with van der Waals surface area (Å²) in [7, 11) is 0. The maximum atomic E-state index is 11.9. The number of benzene rings is 1. The summed E-state index contributed by atoms with van der Waals surface area (Å²) >= 11 is 0. The Hall–Kier alpha value is -1.19. The fraction of sp³-hybridized carbons (Fsp3) is 0.250. The second kappa shape index (κ2) is 3.05. The molecular formula is C8H8F3N.